The second-order valence-corrected chi connectivity index (χ2v) is 7.94. The van der Waals surface area contributed by atoms with Gasteiger partial charge >= 0.3 is 12.0 Å². The number of rotatable bonds is 11. The summed E-state index contributed by atoms with van der Waals surface area (Å²) in [7, 11) is -3.64. The van der Waals surface area contributed by atoms with Gasteiger partial charge in [0, 0.05) is 25.2 Å². The van der Waals surface area contributed by atoms with E-state index in [1.165, 1.54) is 34.6 Å². The third-order valence-electron chi connectivity index (χ3n) is 3.88. The van der Waals surface area contributed by atoms with Crippen LogP contribution in [0.5, 0.6) is 0 Å². The molecule has 4 amide bonds. The normalized spacial score (nSPS) is 10.8. The Bertz CT molecular complexity index is 910. The van der Waals surface area contributed by atoms with Crippen LogP contribution in [0.25, 0.3) is 0 Å². The highest BCUT2D eigenvalue weighted by molar-refractivity contribution is 7.89. The van der Waals surface area contributed by atoms with Gasteiger partial charge in [0.25, 0.3) is 11.8 Å². The predicted molar refractivity (Wildman–Crippen MR) is 112 cm³/mol. The number of carbonyl (C=O) groups is 4. The Morgan fingerprint density at radius 2 is 1.68 bits per heavy atom. The number of imide groups is 1. The van der Waals surface area contributed by atoms with Gasteiger partial charge in [-0.2, -0.15) is 4.31 Å². The lowest BCUT2D eigenvalue weighted by Crippen LogP contribution is -2.42. The van der Waals surface area contributed by atoms with E-state index in [2.05, 4.69) is 21.9 Å². The molecule has 11 nitrogen and oxygen atoms in total. The van der Waals surface area contributed by atoms with Gasteiger partial charge in [-0.1, -0.05) is 19.9 Å². The number of benzene rings is 1. The molecule has 0 spiro atoms. The first-order chi connectivity index (χ1) is 14.6. The van der Waals surface area contributed by atoms with E-state index < -0.39 is 47.0 Å². The van der Waals surface area contributed by atoms with Crippen LogP contribution in [-0.2, 0) is 24.3 Å². The smallest absolute Gasteiger partial charge is 0.325 e. The lowest BCUT2D eigenvalue weighted by Gasteiger charge is -2.18. The molecule has 1 aromatic rings. The summed E-state index contributed by atoms with van der Waals surface area (Å²) in [5.74, 6) is -2.36. The van der Waals surface area contributed by atoms with Crippen molar-refractivity contribution in [3.05, 3.63) is 42.5 Å². The first kappa shape index (κ1) is 25.8. The molecule has 0 aliphatic rings. The molecular weight excluding hydrogens is 428 g/mol. The molecule has 31 heavy (non-hydrogen) atoms. The summed E-state index contributed by atoms with van der Waals surface area (Å²) < 4.78 is 30.8. The van der Waals surface area contributed by atoms with Gasteiger partial charge in [-0.25, -0.2) is 13.2 Å². The quantitative estimate of drug-likeness (QED) is 0.314. The number of urea groups is 1. The van der Waals surface area contributed by atoms with Gasteiger partial charge in [0.05, 0.1) is 4.90 Å². The molecule has 0 unspecified atom stereocenters. The predicted octanol–water partition coefficient (Wildman–Crippen LogP) is 0.00190. The van der Waals surface area contributed by atoms with Crippen LogP contribution < -0.4 is 16.0 Å². The molecule has 0 heterocycles. The van der Waals surface area contributed by atoms with Gasteiger partial charge in [-0.05, 0) is 24.3 Å². The standard InChI is InChI=1S/C19H26N4O7S/c1-4-11-20-19(27)22-16(24)13-30-17(25)12-21-18(26)14-7-9-15(10-8-14)31(28,29)23(5-2)6-3/h4,7-10H,1,5-6,11-13H2,2-3H3,(H,21,26)(H2,20,22,24,27). The molecule has 1 aromatic carbocycles. The van der Waals surface area contributed by atoms with Crippen LogP contribution >= 0.6 is 0 Å². The molecule has 0 saturated carbocycles. The summed E-state index contributed by atoms with van der Waals surface area (Å²) in [6.45, 7) is 6.43. The monoisotopic (exact) mass is 454 g/mol. The fourth-order valence-corrected chi connectivity index (χ4v) is 3.77. The van der Waals surface area contributed by atoms with E-state index in [-0.39, 0.29) is 17.0 Å². The minimum absolute atomic E-state index is 0.0512. The van der Waals surface area contributed by atoms with Crippen LogP contribution in [0.15, 0.2) is 41.8 Å². The molecular formula is C19H26N4O7S. The van der Waals surface area contributed by atoms with Crippen molar-refractivity contribution < 1.29 is 32.3 Å². The van der Waals surface area contributed by atoms with Crippen LogP contribution in [0.4, 0.5) is 4.79 Å². The zero-order valence-corrected chi connectivity index (χ0v) is 18.2. The van der Waals surface area contributed by atoms with Crippen molar-refractivity contribution in [2.75, 3.05) is 32.8 Å². The Labute approximate surface area is 180 Å². The summed E-state index contributed by atoms with van der Waals surface area (Å²) >= 11 is 0. The maximum atomic E-state index is 12.4. The van der Waals surface area contributed by atoms with E-state index in [9.17, 15) is 27.6 Å². The van der Waals surface area contributed by atoms with Crippen LogP contribution in [-0.4, -0.2) is 69.3 Å². The molecule has 3 N–H and O–H groups in total. The summed E-state index contributed by atoms with van der Waals surface area (Å²) in [5.41, 5.74) is 0.142. The second-order valence-electron chi connectivity index (χ2n) is 6.00. The molecule has 170 valence electrons. The SMILES string of the molecule is C=CCNC(=O)NC(=O)COC(=O)CNC(=O)c1ccc(S(=O)(=O)N(CC)CC)cc1. The minimum atomic E-state index is -3.64. The Kier molecular flexibility index (Phi) is 10.4. The van der Waals surface area contributed by atoms with Crippen LogP contribution in [0, 0.1) is 0 Å². The zero-order valence-electron chi connectivity index (χ0n) is 17.3. The Morgan fingerprint density at radius 3 is 2.23 bits per heavy atom. The minimum Gasteiger partial charge on any atom is -0.454 e. The van der Waals surface area contributed by atoms with Crippen molar-refractivity contribution in [2.45, 2.75) is 18.7 Å². The lowest BCUT2D eigenvalue weighted by molar-refractivity contribution is -0.147. The van der Waals surface area contributed by atoms with Crippen molar-refractivity contribution in [3.63, 3.8) is 0 Å². The average molecular weight is 455 g/mol. The van der Waals surface area contributed by atoms with E-state index in [4.69, 9.17) is 0 Å². The third-order valence-corrected chi connectivity index (χ3v) is 5.94. The highest BCUT2D eigenvalue weighted by atomic mass is 32.2. The Morgan fingerprint density at radius 1 is 1.06 bits per heavy atom. The van der Waals surface area contributed by atoms with E-state index in [1.54, 1.807) is 13.8 Å². The molecule has 0 aliphatic heterocycles. The fourth-order valence-electron chi connectivity index (χ4n) is 2.31. The van der Waals surface area contributed by atoms with Gasteiger partial charge in [-0.3, -0.25) is 19.7 Å². The molecule has 0 aliphatic carbocycles. The number of ether oxygens (including phenoxy) is 1. The molecule has 1 rings (SSSR count). The van der Waals surface area contributed by atoms with E-state index >= 15 is 0 Å². The van der Waals surface area contributed by atoms with Gasteiger partial charge in [0.2, 0.25) is 10.0 Å². The highest BCUT2D eigenvalue weighted by Gasteiger charge is 2.21. The number of hydrogen-bond donors (Lipinski definition) is 3. The van der Waals surface area contributed by atoms with Crippen molar-refractivity contribution in [1.82, 2.24) is 20.3 Å². The number of nitrogens with one attached hydrogen (secondary N) is 3. The zero-order chi connectivity index (χ0) is 23.4. The second kappa shape index (κ2) is 12.4. The number of nitrogens with zero attached hydrogens (tertiary/aromatic N) is 1. The van der Waals surface area contributed by atoms with E-state index in [1.807, 2.05) is 5.32 Å². The van der Waals surface area contributed by atoms with Gasteiger partial charge in [0.1, 0.15) is 6.54 Å². The van der Waals surface area contributed by atoms with Crippen molar-refractivity contribution >= 4 is 33.8 Å². The first-order valence-corrected chi connectivity index (χ1v) is 10.8. The molecule has 0 fully saturated rings. The highest BCUT2D eigenvalue weighted by Crippen LogP contribution is 2.16. The van der Waals surface area contributed by atoms with Gasteiger partial charge in [-0.15, -0.1) is 6.58 Å². The fraction of sp³-hybridized carbons (Fsp3) is 0.368. The molecule has 0 radical (unpaired) electrons. The number of hydrogen-bond acceptors (Lipinski definition) is 7. The maximum Gasteiger partial charge on any atom is 0.325 e. The Balaban J connectivity index is 2.52. The number of sulfonamides is 1. The molecule has 12 heteroatoms. The first-order valence-electron chi connectivity index (χ1n) is 9.38. The van der Waals surface area contributed by atoms with E-state index in [0.717, 1.165) is 0 Å². The number of amides is 4. The van der Waals surface area contributed by atoms with Crippen molar-refractivity contribution in [2.24, 2.45) is 0 Å². The largest absolute Gasteiger partial charge is 0.454 e. The Hall–Kier alpha value is -3.25. The van der Waals surface area contributed by atoms with Crippen molar-refractivity contribution in [1.29, 1.82) is 0 Å². The van der Waals surface area contributed by atoms with Crippen LogP contribution in [0.2, 0.25) is 0 Å². The summed E-state index contributed by atoms with van der Waals surface area (Å²) in [6, 6.07) is 4.50. The topological polar surface area (TPSA) is 151 Å². The third kappa shape index (κ3) is 8.18. The van der Waals surface area contributed by atoms with Crippen molar-refractivity contribution in [3.8, 4) is 0 Å². The van der Waals surface area contributed by atoms with Gasteiger partial charge in [0.15, 0.2) is 6.61 Å². The number of esters is 1. The molecule has 0 aromatic heterocycles. The average Bonchev–Trinajstić information content (AvgIpc) is 2.75. The number of carbonyl (C=O) groups excluding carboxylic acids is 4. The lowest BCUT2D eigenvalue weighted by atomic mass is 10.2. The summed E-state index contributed by atoms with van der Waals surface area (Å²) in [5, 5.41) is 6.55. The molecule has 0 atom stereocenters. The van der Waals surface area contributed by atoms with E-state index in [0.29, 0.717) is 13.1 Å². The van der Waals surface area contributed by atoms with Crippen LogP contribution in [0.1, 0.15) is 24.2 Å². The molecule has 0 bridgehead atoms. The summed E-state index contributed by atoms with van der Waals surface area (Å²) in [6.07, 6.45) is 1.42. The summed E-state index contributed by atoms with van der Waals surface area (Å²) in [4.78, 5) is 46.6. The van der Waals surface area contributed by atoms with Crippen LogP contribution in [0.3, 0.4) is 0 Å². The van der Waals surface area contributed by atoms with Gasteiger partial charge < -0.3 is 15.4 Å². The molecule has 0 saturated heterocycles. The maximum absolute atomic E-state index is 12.4.